The van der Waals surface area contributed by atoms with Crippen LogP contribution in [0.3, 0.4) is 0 Å². The van der Waals surface area contributed by atoms with Crippen molar-refractivity contribution in [3.05, 3.63) is 57.6 Å². The fourth-order valence-electron chi connectivity index (χ4n) is 2.91. The second kappa shape index (κ2) is 7.58. The molecule has 1 fully saturated rings. The first kappa shape index (κ1) is 18.0. The van der Waals surface area contributed by atoms with Crippen LogP contribution in [0.1, 0.15) is 29.6 Å². The number of hydrogen-bond acceptors (Lipinski definition) is 2. The first-order valence-electron chi connectivity index (χ1n) is 7.96. The molecule has 1 saturated heterocycles. The van der Waals surface area contributed by atoms with E-state index in [1.807, 2.05) is 6.07 Å². The minimum absolute atomic E-state index is 0.134. The summed E-state index contributed by atoms with van der Waals surface area (Å²) in [5.74, 6) is -2.85. The van der Waals surface area contributed by atoms with Gasteiger partial charge in [0.15, 0.2) is 11.6 Å². The minimum Gasteiger partial charge on any atom is -0.370 e. The molecule has 2 aromatic rings. The number of benzene rings is 2. The van der Waals surface area contributed by atoms with Crippen LogP contribution in [0, 0.1) is 11.6 Å². The molecule has 0 aromatic heterocycles. The molecule has 0 atom stereocenters. The normalized spacial score (nSPS) is 14.5. The van der Waals surface area contributed by atoms with Gasteiger partial charge < -0.3 is 10.2 Å². The number of halogens is 4. The Bertz CT molecular complexity index is 808. The molecule has 1 amide bonds. The quantitative estimate of drug-likeness (QED) is 0.707. The van der Waals surface area contributed by atoms with Crippen molar-refractivity contribution in [1.82, 2.24) is 0 Å². The van der Waals surface area contributed by atoms with E-state index in [1.54, 1.807) is 12.1 Å². The van der Waals surface area contributed by atoms with Gasteiger partial charge in [-0.2, -0.15) is 0 Å². The third-order valence-electron chi connectivity index (χ3n) is 4.16. The van der Waals surface area contributed by atoms with Gasteiger partial charge in [0.2, 0.25) is 0 Å². The van der Waals surface area contributed by atoms with Crippen LogP contribution < -0.4 is 10.2 Å². The van der Waals surface area contributed by atoms with Crippen molar-refractivity contribution in [2.75, 3.05) is 23.3 Å². The smallest absolute Gasteiger partial charge is 0.257 e. The number of piperidine rings is 1. The zero-order valence-corrected chi connectivity index (χ0v) is 14.8. The Kier molecular flexibility index (Phi) is 5.45. The van der Waals surface area contributed by atoms with E-state index in [-0.39, 0.29) is 10.6 Å². The minimum atomic E-state index is -1.13. The van der Waals surface area contributed by atoms with E-state index in [1.165, 1.54) is 6.42 Å². The molecule has 0 bridgehead atoms. The summed E-state index contributed by atoms with van der Waals surface area (Å²) >= 11 is 11.9. The van der Waals surface area contributed by atoms with Crippen LogP contribution in [0.25, 0.3) is 0 Å². The second-order valence-electron chi connectivity index (χ2n) is 5.91. The van der Waals surface area contributed by atoms with Gasteiger partial charge in [-0.25, -0.2) is 8.78 Å². The molecular formula is C18H16Cl2F2N2O. The summed E-state index contributed by atoms with van der Waals surface area (Å²) in [5.41, 5.74) is 1.22. The Morgan fingerprint density at radius 2 is 1.68 bits per heavy atom. The number of carbonyl (C=O) groups is 1. The Morgan fingerprint density at radius 3 is 2.40 bits per heavy atom. The lowest BCUT2D eigenvalue weighted by atomic mass is 10.1. The SMILES string of the molecule is O=C(Nc1cc(Cl)ccc1N1CCCCC1)c1cc(F)c(F)cc1Cl. The highest BCUT2D eigenvalue weighted by Gasteiger charge is 2.19. The van der Waals surface area contributed by atoms with Crippen molar-refractivity contribution in [2.45, 2.75) is 19.3 Å². The molecule has 7 heteroatoms. The molecule has 1 N–H and O–H groups in total. The van der Waals surface area contributed by atoms with Crippen molar-refractivity contribution in [3.63, 3.8) is 0 Å². The maximum atomic E-state index is 13.4. The molecular weight excluding hydrogens is 369 g/mol. The van der Waals surface area contributed by atoms with Crippen LogP contribution in [-0.4, -0.2) is 19.0 Å². The Morgan fingerprint density at radius 1 is 1.00 bits per heavy atom. The van der Waals surface area contributed by atoms with Gasteiger partial charge in [0.1, 0.15) is 0 Å². The number of hydrogen-bond donors (Lipinski definition) is 1. The third-order valence-corrected chi connectivity index (χ3v) is 4.71. The fourth-order valence-corrected chi connectivity index (χ4v) is 3.31. The first-order chi connectivity index (χ1) is 12.0. The van der Waals surface area contributed by atoms with Gasteiger partial charge in [0.05, 0.1) is 22.0 Å². The lowest BCUT2D eigenvalue weighted by Crippen LogP contribution is -2.30. The summed E-state index contributed by atoms with van der Waals surface area (Å²) in [6.45, 7) is 1.77. The summed E-state index contributed by atoms with van der Waals surface area (Å²) in [7, 11) is 0. The Labute approximate surface area is 154 Å². The lowest BCUT2D eigenvalue weighted by Gasteiger charge is -2.30. The average Bonchev–Trinajstić information content (AvgIpc) is 2.59. The maximum Gasteiger partial charge on any atom is 0.257 e. The summed E-state index contributed by atoms with van der Waals surface area (Å²) in [4.78, 5) is 14.7. The Hall–Kier alpha value is -1.85. The molecule has 1 aliphatic rings. The number of carbonyl (C=O) groups excluding carboxylic acids is 1. The van der Waals surface area contributed by atoms with E-state index in [9.17, 15) is 13.6 Å². The van der Waals surface area contributed by atoms with Crippen molar-refractivity contribution in [2.24, 2.45) is 0 Å². The van der Waals surface area contributed by atoms with Gasteiger partial charge in [-0.1, -0.05) is 23.2 Å². The molecule has 132 valence electrons. The van der Waals surface area contributed by atoms with Crippen LogP contribution >= 0.6 is 23.2 Å². The lowest BCUT2D eigenvalue weighted by molar-refractivity contribution is 0.102. The van der Waals surface area contributed by atoms with Gasteiger partial charge in [-0.05, 0) is 49.6 Å². The standard InChI is InChI=1S/C18H16Cl2F2N2O/c19-11-4-5-17(24-6-2-1-3-7-24)16(8-11)23-18(25)12-9-14(21)15(22)10-13(12)20/h4-5,8-10H,1-3,6-7H2,(H,23,25). The molecule has 1 heterocycles. The largest absolute Gasteiger partial charge is 0.370 e. The van der Waals surface area contributed by atoms with Crippen LogP contribution in [0.15, 0.2) is 30.3 Å². The molecule has 0 spiro atoms. The molecule has 0 aliphatic carbocycles. The van der Waals surface area contributed by atoms with Crippen LogP contribution in [-0.2, 0) is 0 Å². The molecule has 0 radical (unpaired) electrons. The highest BCUT2D eigenvalue weighted by molar-refractivity contribution is 6.34. The highest BCUT2D eigenvalue weighted by atomic mass is 35.5. The molecule has 2 aromatic carbocycles. The van der Waals surface area contributed by atoms with Crippen LogP contribution in [0.5, 0.6) is 0 Å². The molecule has 0 saturated carbocycles. The third kappa shape index (κ3) is 4.05. The first-order valence-corrected chi connectivity index (χ1v) is 8.71. The predicted octanol–water partition coefficient (Wildman–Crippen LogP) is 5.51. The van der Waals surface area contributed by atoms with Crippen molar-refractivity contribution < 1.29 is 13.6 Å². The fraction of sp³-hybridized carbons (Fsp3) is 0.278. The number of nitrogens with zero attached hydrogens (tertiary/aromatic N) is 1. The highest BCUT2D eigenvalue weighted by Crippen LogP contribution is 2.32. The predicted molar refractivity (Wildman–Crippen MR) is 96.8 cm³/mol. The number of amides is 1. The molecule has 0 unspecified atom stereocenters. The molecule has 25 heavy (non-hydrogen) atoms. The average molecular weight is 385 g/mol. The number of anilines is 2. The molecule has 1 aliphatic heterocycles. The van der Waals surface area contributed by atoms with E-state index in [0.717, 1.165) is 43.8 Å². The molecule has 3 rings (SSSR count). The van der Waals surface area contributed by atoms with E-state index in [4.69, 9.17) is 23.2 Å². The topological polar surface area (TPSA) is 32.3 Å². The summed E-state index contributed by atoms with van der Waals surface area (Å²) in [6, 6.07) is 6.81. The number of nitrogens with one attached hydrogen (secondary N) is 1. The van der Waals surface area contributed by atoms with Gasteiger partial charge in [0.25, 0.3) is 5.91 Å². The summed E-state index contributed by atoms with van der Waals surface area (Å²) in [5, 5.41) is 3.02. The van der Waals surface area contributed by atoms with E-state index < -0.39 is 17.5 Å². The van der Waals surface area contributed by atoms with E-state index in [2.05, 4.69) is 10.2 Å². The number of rotatable bonds is 3. The van der Waals surface area contributed by atoms with E-state index in [0.29, 0.717) is 10.7 Å². The zero-order chi connectivity index (χ0) is 18.0. The van der Waals surface area contributed by atoms with E-state index >= 15 is 0 Å². The Balaban J connectivity index is 1.90. The van der Waals surface area contributed by atoms with Gasteiger partial charge in [-0.3, -0.25) is 4.79 Å². The summed E-state index contributed by atoms with van der Waals surface area (Å²) in [6.07, 6.45) is 3.33. The van der Waals surface area contributed by atoms with Gasteiger partial charge >= 0.3 is 0 Å². The maximum absolute atomic E-state index is 13.4. The second-order valence-corrected chi connectivity index (χ2v) is 6.75. The van der Waals surface area contributed by atoms with Crippen LogP contribution in [0.4, 0.5) is 20.2 Å². The van der Waals surface area contributed by atoms with Crippen LogP contribution in [0.2, 0.25) is 10.0 Å². The monoisotopic (exact) mass is 384 g/mol. The van der Waals surface area contributed by atoms with Gasteiger partial charge in [-0.15, -0.1) is 0 Å². The summed E-state index contributed by atoms with van der Waals surface area (Å²) < 4.78 is 26.6. The zero-order valence-electron chi connectivity index (χ0n) is 13.3. The molecule has 3 nitrogen and oxygen atoms in total. The van der Waals surface area contributed by atoms with Gasteiger partial charge in [0, 0.05) is 18.1 Å². The van der Waals surface area contributed by atoms with Crippen molar-refractivity contribution in [3.8, 4) is 0 Å². The van der Waals surface area contributed by atoms with Crippen molar-refractivity contribution >= 4 is 40.5 Å². The van der Waals surface area contributed by atoms with Crippen molar-refractivity contribution in [1.29, 1.82) is 0 Å².